The van der Waals surface area contributed by atoms with E-state index in [0.717, 1.165) is 11.6 Å². The molecule has 0 aliphatic carbocycles. The molecule has 0 radical (unpaired) electrons. The van der Waals surface area contributed by atoms with Gasteiger partial charge in [-0.2, -0.15) is 11.3 Å². The normalized spacial score (nSPS) is 11.5. The van der Waals surface area contributed by atoms with Crippen LogP contribution in [0.15, 0.2) is 53.7 Å². The minimum Gasteiger partial charge on any atom is -0.443 e. The maximum Gasteiger partial charge on any atom is 0.331 e. The zero-order valence-corrected chi connectivity index (χ0v) is 12.6. The number of nitrogens with two attached hydrogens (primary N) is 1. The minimum atomic E-state index is -0.801. The predicted octanol–water partition coefficient (Wildman–Crippen LogP) is 2.56. The van der Waals surface area contributed by atoms with Crippen molar-refractivity contribution in [1.29, 1.82) is 0 Å². The molecule has 0 saturated carbocycles. The fourth-order valence-corrected chi connectivity index (χ4v) is 2.50. The maximum atomic E-state index is 12.1. The molecule has 1 aromatic heterocycles. The molecular formula is C16H16N2O3S. The van der Waals surface area contributed by atoms with Gasteiger partial charge in [0.25, 0.3) is 5.91 Å². The lowest BCUT2D eigenvalue weighted by Crippen LogP contribution is -2.29. The van der Waals surface area contributed by atoms with Crippen molar-refractivity contribution in [3.63, 3.8) is 0 Å². The van der Waals surface area contributed by atoms with Gasteiger partial charge in [0.2, 0.25) is 0 Å². The summed E-state index contributed by atoms with van der Waals surface area (Å²) in [5, 5.41) is 6.45. The number of thiophene rings is 1. The molecule has 1 aromatic carbocycles. The van der Waals surface area contributed by atoms with Gasteiger partial charge in [0, 0.05) is 23.6 Å². The van der Waals surface area contributed by atoms with Crippen molar-refractivity contribution in [2.45, 2.75) is 12.6 Å². The largest absolute Gasteiger partial charge is 0.443 e. The quantitative estimate of drug-likeness (QED) is 0.487. The number of carbonyl (C=O) groups excluding carboxylic acids is 2. The van der Waals surface area contributed by atoms with Crippen molar-refractivity contribution in [1.82, 2.24) is 0 Å². The number of nitrogens with one attached hydrogen (secondary N) is 1. The number of rotatable bonds is 6. The second kappa shape index (κ2) is 7.53. The SMILES string of the molecule is C=CC(=O)OC(N)Cc1ccccc1NC(=O)c1ccsc1. The van der Waals surface area contributed by atoms with Crippen LogP contribution in [0.5, 0.6) is 0 Å². The molecule has 22 heavy (non-hydrogen) atoms. The first-order chi connectivity index (χ1) is 10.6. The van der Waals surface area contributed by atoms with E-state index in [1.54, 1.807) is 17.5 Å². The number of amides is 1. The summed E-state index contributed by atoms with van der Waals surface area (Å²) in [6.07, 6.45) is 0.550. The average Bonchev–Trinajstić information content (AvgIpc) is 3.03. The fraction of sp³-hybridized carbons (Fsp3) is 0.125. The zero-order chi connectivity index (χ0) is 15.9. The average molecular weight is 316 g/mol. The third-order valence-electron chi connectivity index (χ3n) is 2.90. The molecule has 1 amide bonds. The molecule has 0 aliphatic heterocycles. The Labute approximate surface area is 132 Å². The molecule has 1 heterocycles. The maximum absolute atomic E-state index is 12.1. The van der Waals surface area contributed by atoms with Gasteiger partial charge in [0.05, 0.1) is 5.56 Å². The van der Waals surface area contributed by atoms with E-state index >= 15 is 0 Å². The highest BCUT2D eigenvalue weighted by atomic mass is 32.1. The molecule has 5 nitrogen and oxygen atoms in total. The van der Waals surface area contributed by atoms with Crippen molar-refractivity contribution >= 4 is 28.9 Å². The van der Waals surface area contributed by atoms with Crippen molar-refractivity contribution in [2.24, 2.45) is 5.73 Å². The molecule has 1 unspecified atom stereocenters. The Kier molecular flexibility index (Phi) is 5.46. The zero-order valence-electron chi connectivity index (χ0n) is 11.8. The highest BCUT2D eigenvalue weighted by molar-refractivity contribution is 7.08. The smallest absolute Gasteiger partial charge is 0.331 e. The van der Waals surface area contributed by atoms with E-state index in [9.17, 15) is 9.59 Å². The van der Waals surface area contributed by atoms with Gasteiger partial charge in [-0.15, -0.1) is 0 Å². The van der Waals surface area contributed by atoms with E-state index in [2.05, 4.69) is 11.9 Å². The molecular weight excluding hydrogens is 300 g/mol. The monoisotopic (exact) mass is 316 g/mol. The Balaban J connectivity index is 2.08. The van der Waals surface area contributed by atoms with E-state index in [0.29, 0.717) is 17.7 Å². The van der Waals surface area contributed by atoms with Crippen molar-refractivity contribution in [2.75, 3.05) is 5.32 Å². The Morgan fingerprint density at radius 2 is 2.14 bits per heavy atom. The number of carbonyl (C=O) groups is 2. The van der Waals surface area contributed by atoms with Gasteiger partial charge in [-0.05, 0) is 23.1 Å². The molecule has 0 bridgehead atoms. The molecule has 2 rings (SSSR count). The topological polar surface area (TPSA) is 81.4 Å². The number of benzene rings is 1. The van der Waals surface area contributed by atoms with Crippen LogP contribution in [0.1, 0.15) is 15.9 Å². The molecule has 2 aromatic rings. The molecule has 0 spiro atoms. The van der Waals surface area contributed by atoms with E-state index in [4.69, 9.17) is 10.5 Å². The lowest BCUT2D eigenvalue weighted by Gasteiger charge is -2.15. The lowest BCUT2D eigenvalue weighted by molar-refractivity contribution is -0.142. The summed E-state index contributed by atoms with van der Waals surface area (Å²) in [6, 6.07) is 9.00. The molecule has 0 saturated heterocycles. The van der Waals surface area contributed by atoms with Gasteiger partial charge in [-0.1, -0.05) is 24.8 Å². The summed E-state index contributed by atoms with van der Waals surface area (Å²) in [6.45, 7) is 3.32. The molecule has 6 heteroatoms. The lowest BCUT2D eigenvalue weighted by atomic mass is 10.1. The van der Waals surface area contributed by atoms with Crippen LogP contribution in [0.3, 0.4) is 0 Å². The molecule has 114 valence electrons. The number of para-hydroxylation sites is 1. The van der Waals surface area contributed by atoms with Crippen LogP contribution in [0.25, 0.3) is 0 Å². The number of anilines is 1. The Morgan fingerprint density at radius 3 is 2.82 bits per heavy atom. The number of hydrogen-bond donors (Lipinski definition) is 2. The predicted molar refractivity (Wildman–Crippen MR) is 86.7 cm³/mol. The summed E-state index contributed by atoms with van der Waals surface area (Å²) in [4.78, 5) is 23.2. The standard InChI is InChI=1S/C16H16N2O3S/c1-2-15(19)21-14(17)9-11-5-3-4-6-13(11)18-16(20)12-7-8-22-10-12/h2-8,10,14H,1,9,17H2,(H,18,20). The van der Waals surface area contributed by atoms with Crippen LogP contribution in [0.2, 0.25) is 0 Å². The first kappa shape index (κ1) is 15.9. The van der Waals surface area contributed by atoms with E-state index < -0.39 is 12.2 Å². The molecule has 0 fully saturated rings. The van der Waals surface area contributed by atoms with Gasteiger partial charge in [0.15, 0.2) is 6.23 Å². The Bertz CT molecular complexity index is 668. The van der Waals surface area contributed by atoms with Crippen LogP contribution >= 0.6 is 11.3 Å². The molecule has 3 N–H and O–H groups in total. The van der Waals surface area contributed by atoms with Gasteiger partial charge in [0.1, 0.15) is 0 Å². The summed E-state index contributed by atoms with van der Waals surface area (Å²) < 4.78 is 4.95. The van der Waals surface area contributed by atoms with Crippen LogP contribution in [0, 0.1) is 0 Å². The summed E-state index contributed by atoms with van der Waals surface area (Å²) in [5.41, 5.74) is 7.80. The molecule has 0 aliphatic rings. The Morgan fingerprint density at radius 1 is 1.36 bits per heavy atom. The second-order valence-electron chi connectivity index (χ2n) is 4.51. The summed E-state index contributed by atoms with van der Waals surface area (Å²) in [5.74, 6) is -0.766. The van der Waals surface area contributed by atoms with Crippen LogP contribution < -0.4 is 11.1 Å². The first-order valence-corrected chi connectivity index (χ1v) is 7.54. The number of esters is 1. The van der Waals surface area contributed by atoms with E-state index in [1.807, 2.05) is 23.6 Å². The van der Waals surface area contributed by atoms with Crippen molar-refractivity contribution in [3.05, 3.63) is 64.9 Å². The van der Waals surface area contributed by atoms with Crippen LogP contribution in [0.4, 0.5) is 5.69 Å². The molecule has 1 atom stereocenters. The van der Waals surface area contributed by atoms with Gasteiger partial charge in [-0.3, -0.25) is 10.5 Å². The van der Waals surface area contributed by atoms with Gasteiger partial charge < -0.3 is 10.1 Å². The minimum absolute atomic E-state index is 0.189. The van der Waals surface area contributed by atoms with Gasteiger partial charge >= 0.3 is 5.97 Å². The summed E-state index contributed by atoms with van der Waals surface area (Å²) in [7, 11) is 0. The number of hydrogen-bond acceptors (Lipinski definition) is 5. The van der Waals surface area contributed by atoms with Crippen LogP contribution in [-0.4, -0.2) is 18.1 Å². The highest BCUT2D eigenvalue weighted by Crippen LogP contribution is 2.18. The fourth-order valence-electron chi connectivity index (χ4n) is 1.86. The van der Waals surface area contributed by atoms with Gasteiger partial charge in [-0.25, -0.2) is 4.79 Å². The number of ether oxygens (including phenoxy) is 1. The highest BCUT2D eigenvalue weighted by Gasteiger charge is 2.13. The third kappa shape index (κ3) is 4.28. The Hall–Kier alpha value is -2.44. The third-order valence-corrected chi connectivity index (χ3v) is 3.59. The van der Waals surface area contributed by atoms with Crippen molar-refractivity contribution in [3.8, 4) is 0 Å². The first-order valence-electron chi connectivity index (χ1n) is 6.60. The van der Waals surface area contributed by atoms with Crippen molar-refractivity contribution < 1.29 is 14.3 Å². The summed E-state index contributed by atoms with van der Waals surface area (Å²) >= 11 is 1.45. The van der Waals surface area contributed by atoms with E-state index in [1.165, 1.54) is 11.3 Å². The van der Waals surface area contributed by atoms with Crippen LogP contribution in [-0.2, 0) is 16.0 Å². The van der Waals surface area contributed by atoms with E-state index in [-0.39, 0.29) is 5.91 Å². The second-order valence-corrected chi connectivity index (χ2v) is 5.29.